The summed E-state index contributed by atoms with van der Waals surface area (Å²) in [5, 5.41) is 0.566. The van der Waals surface area contributed by atoms with Crippen LogP contribution >= 0.6 is 11.3 Å². The summed E-state index contributed by atoms with van der Waals surface area (Å²) in [6.45, 7) is 8.52. The second kappa shape index (κ2) is 7.06. The van der Waals surface area contributed by atoms with E-state index in [-0.39, 0.29) is 16.8 Å². The van der Waals surface area contributed by atoms with Gasteiger partial charge in [0.1, 0.15) is 0 Å². The van der Waals surface area contributed by atoms with Crippen LogP contribution in [0.2, 0.25) is 0 Å². The first-order chi connectivity index (χ1) is 14.7. The predicted octanol–water partition coefficient (Wildman–Crippen LogP) is 6.35. The fourth-order valence-corrected chi connectivity index (χ4v) is 6.37. The van der Waals surface area contributed by atoms with Gasteiger partial charge in [-0.2, -0.15) is 0 Å². The Balaban J connectivity index is 1.75. The van der Waals surface area contributed by atoms with Gasteiger partial charge >= 0.3 is 0 Å². The van der Waals surface area contributed by atoms with E-state index < -0.39 is 0 Å². The summed E-state index contributed by atoms with van der Waals surface area (Å²) in [5.41, 5.74) is 3.65. The van der Waals surface area contributed by atoms with Gasteiger partial charge < -0.3 is 9.30 Å². The lowest BCUT2D eigenvalue weighted by Crippen LogP contribution is -2.24. The van der Waals surface area contributed by atoms with Crippen LogP contribution in [-0.4, -0.2) is 17.5 Å². The molecule has 1 atom stereocenters. The molecule has 0 radical (unpaired) electrons. The van der Waals surface area contributed by atoms with Crippen LogP contribution < -0.4 is 10.2 Å². The molecule has 2 aliphatic carbocycles. The van der Waals surface area contributed by atoms with Crippen molar-refractivity contribution in [1.82, 2.24) is 4.57 Å². The van der Waals surface area contributed by atoms with Crippen LogP contribution in [0.25, 0.3) is 21.3 Å². The lowest BCUT2D eigenvalue weighted by molar-refractivity contribution is 0.101. The number of nitrogens with zero attached hydrogens (tertiary/aromatic N) is 1. The molecule has 5 heteroatoms. The van der Waals surface area contributed by atoms with E-state index in [4.69, 9.17) is 4.74 Å². The number of carbonyl (C=O) groups excluding carboxylic acids is 1. The smallest absolute Gasteiger partial charge is 0.200 e. The number of Topliss-reactive ketones (excluding diaryl/α,β-unsaturated/α-hetero) is 1. The van der Waals surface area contributed by atoms with E-state index in [9.17, 15) is 9.59 Å². The van der Waals surface area contributed by atoms with Crippen molar-refractivity contribution in [2.24, 2.45) is 5.41 Å². The topological polar surface area (TPSA) is 48.3 Å². The molecule has 2 heterocycles. The lowest BCUT2D eigenvalue weighted by Gasteiger charge is -2.36. The molecule has 1 aromatic carbocycles. The second-order valence-corrected chi connectivity index (χ2v) is 10.9. The van der Waals surface area contributed by atoms with E-state index in [2.05, 4.69) is 31.4 Å². The number of ketones is 1. The molecule has 1 unspecified atom stereocenters. The van der Waals surface area contributed by atoms with Crippen molar-refractivity contribution in [2.75, 3.05) is 7.11 Å². The third-order valence-electron chi connectivity index (χ3n) is 7.38. The van der Waals surface area contributed by atoms with Crippen molar-refractivity contribution in [3.05, 3.63) is 50.6 Å². The first-order valence-electron chi connectivity index (χ1n) is 11.1. The number of benzene rings is 1. The Labute approximate surface area is 186 Å². The minimum atomic E-state index is -0.204. The van der Waals surface area contributed by atoms with Crippen molar-refractivity contribution in [2.45, 2.75) is 65.3 Å². The van der Waals surface area contributed by atoms with Crippen molar-refractivity contribution in [3.63, 3.8) is 0 Å². The van der Waals surface area contributed by atoms with Crippen LogP contribution in [0, 0.1) is 5.41 Å². The molecular weight excluding hydrogens is 406 g/mol. The minimum Gasteiger partial charge on any atom is -0.494 e. The van der Waals surface area contributed by atoms with Gasteiger partial charge in [0.25, 0.3) is 0 Å². The normalized spacial score (nSPS) is 20.0. The second-order valence-electron chi connectivity index (χ2n) is 9.82. The molecule has 4 nitrogen and oxygen atoms in total. The molecule has 1 fully saturated rings. The number of fused-ring (bicyclic) bond motifs is 2. The number of aromatic nitrogens is 1. The third kappa shape index (κ3) is 3.16. The van der Waals surface area contributed by atoms with Crippen molar-refractivity contribution >= 4 is 28.0 Å². The monoisotopic (exact) mass is 435 g/mol. The fourth-order valence-electron chi connectivity index (χ4n) is 4.88. The number of hydrogen-bond donors (Lipinski definition) is 0. The van der Waals surface area contributed by atoms with Crippen LogP contribution in [0.1, 0.15) is 79.7 Å². The van der Waals surface area contributed by atoms with Crippen molar-refractivity contribution in [3.8, 4) is 16.2 Å². The summed E-state index contributed by atoms with van der Waals surface area (Å²) in [6.07, 6.45) is 6.17. The molecular formula is C26H29NO3S. The Kier molecular flexibility index (Phi) is 4.67. The average molecular weight is 436 g/mol. The Morgan fingerprint density at radius 2 is 2.00 bits per heavy atom. The Hall–Kier alpha value is -2.40. The van der Waals surface area contributed by atoms with E-state index in [1.807, 2.05) is 23.5 Å². The maximum Gasteiger partial charge on any atom is 0.200 e. The molecule has 0 saturated heterocycles. The lowest BCUT2D eigenvalue weighted by atomic mass is 9.70. The van der Waals surface area contributed by atoms with E-state index in [0.717, 1.165) is 36.1 Å². The zero-order chi connectivity index (χ0) is 22.1. The summed E-state index contributed by atoms with van der Waals surface area (Å²) in [5.74, 6) is 1.07. The highest BCUT2D eigenvalue weighted by Crippen LogP contribution is 2.51. The van der Waals surface area contributed by atoms with Gasteiger partial charge in [0.2, 0.25) is 0 Å². The van der Waals surface area contributed by atoms with Gasteiger partial charge in [-0.25, -0.2) is 0 Å². The number of rotatable bonds is 4. The van der Waals surface area contributed by atoms with Crippen molar-refractivity contribution < 1.29 is 9.53 Å². The summed E-state index contributed by atoms with van der Waals surface area (Å²) in [4.78, 5) is 27.8. The van der Waals surface area contributed by atoms with Crippen LogP contribution in [0.5, 0.6) is 5.75 Å². The molecule has 2 aliphatic rings. The first kappa shape index (κ1) is 20.5. The van der Waals surface area contributed by atoms with Crippen LogP contribution in [0.15, 0.2) is 29.2 Å². The molecule has 0 amide bonds. The highest BCUT2D eigenvalue weighted by molar-refractivity contribution is 7.15. The number of ether oxygens (including phenoxy) is 1. The number of carbonyl (C=O) groups is 1. The van der Waals surface area contributed by atoms with Gasteiger partial charge in [-0.1, -0.05) is 20.8 Å². The highest BCUT2D eigenvalue weighted by atomic mass is 32.1. The number of pyridine rings is 1. The summed E-state index contributed by atoms with van der Waals surface area (Å²) >= 11 is 1.86. The summed E-state index contributed by atoms with van der Waals surface area (Å²) in [6, 6.07) is 6.52. The van der Waals surface area contributed by atoms with Gasteiger partial charge in [-0.3, -0.25) is 9.59 Å². The molecule has 0 bridgehead atoms. The zero-order valence-corrected chi connectivity index (χ0v) is 19.7. The average Bonchev–Trinajstić information content (AvgIpc) is 3.48. The summed E-state index contributed by atoms with van der Waals surface area (Å²) in [7, 11) is 1.68. The largest absolute Gasteiger partial charge is 0.494 e. The first-order valence-corrected chi connectivity index (χ1v) is 11.9. The molecule has 0 spiro atoms. The number of aryl methyl sites for hydroxylation is 1. The van der Waals surface area contributed by atoms with Gasteiger partial charge in [0.05, 0.1) is 23.6 Å². The third-order valence-corrected chi connectivity index (χ3v) is 8.78. The van der Waals surface area contributed by atoms with Crippen LogP contribution in [0.3, 0.4) is 0 Å². The summed E-state index contributed by atoms with van der Waals surface area (Å²) < 4.78 is 8.06. The van der Waals surface area contributed by atoms with Crippen LogP contribution in [0.4, 0.5) is 0 Å². The maximum absolute atomic E-state index is 13.1. The minimum absolute atomic E-state index is 0.188. The standard InChI is InChI=1S/C26H29NO3S/c1-14-25-16(10-11-26(14,3)4)12-21(31-25)18-8-9-19-22(24(18)30-5)27(17-6-7-17)13-20(15(2)28)23(19)29/h8-9,12-14,17H,6-7,10-11H2,1-5H3. The van der Waals surface area contributed by atoms with E-state index >= 15 is 0 Å². The highest BCUT2D eigenvalue weighted by Gasteiger charge is 2.35. The predicted molar refractivity (Wildman–Crippen MR) is 127 cm³/mol. The Morgan fingerprint density at radius 1 is 1.26 bits per heavy atom. The van der Waals surface area contributed by atoms with Gasteiger partial charge in [-0.15, -0.1) is 11.3 Å². The molecule has 5 rings (SSSR count). The number of hydrogen-bond acceptors (Lipinski definition) is 4. The van der Waals surface area contributed by atoms with Gasteiger partial charge in [0, 0.05) is 27.6 Å². The molecule has 162 valence electrons. The molecule has 0 aliphatic heterocycles. The van der Waals surface area contributed by atoms with Crippen LogP contribution in [-0.2, 0) is 6.42 Å². The molecule has 3 aromatic rings. The Bertz CT molecular complexity index is 1280. The van der Waals surface area contributed by atoms with E-state index in [1.165, 1.54) is 28.7 Å². The van der Waals surface area contributed by atoms with Gasteiger partial charge in [-0.05, 0) is 67.7 Å². The Morgan fingerprint density at radius 3 is 2.65 bits per heavy atom. The molecule has 2 aromatic heterocycles. The fraction of sp³-hybridized carbons (Fsp3) is 0.462. The van der Waals surface area contributed by atoms with E-state index in [1.54, 1.807) is 13.3 Å². The number of thiophene rings is 1. The van der Waals surface area contributed by atoms with Crippen molar-refractivity contribution in [1.29, 1.82) is 0 Å². The molecule has 31 heavy (non-hydrogen) atoms. The zero-order valence-electron chi connectivity index (χ0n) is 18.9. The number of methoxy groups -OCH3 is 1. The SMILES string of the molecule is COc1c(-c2cc3c(s2)C(C)C(C)(C)CC3)ccc2c(=O)c(C(C)=O)cn(C3CC3)c12. The quantitative estimate of drug-likeness (QED) is 0.449. The van der Waals surface area contributed by atoms with Gasteiger partial charge in [0.15, 0.2) is 17.0 Å². The molecule has 1 saturated carbocycles. The maximum atomic E-state index is 13.1. The van der Waals surface area contributed by atoms with E-state index in [0.29, 0.717) is 22.8 Å². The molecule has 0 N–H and O–H groups in total.